The van der Waals surface area contributed by atoms with Crippen molar-refractivity contribution in [3.05, 3.63) is 69.5 Å². The van der Waals surface area contributed by atoms with E-state index in [4.69, 9.17) is 23.2 Å². The van der Waals surface area contributed by atoms with Crippen LogP contribution < -0.4 is 5.43 Å². The molecule has 0 atom stereocenters. The van der Waals surface area contributed by atoms with Gasteiger partial charge in [0, 0.05) is 17.4 Å². The second-order valence-electron chi connectivity index (χ2n) is 5.30. The molecule has 2 N–H and O–H groups in total. The van der Waals surface area contributed by atoms with Crippen molar-refractivity contribution in [2.45, 2.75) is 6.42 Å². The van der Waals surface area contributed by atoms with Crippen molar-refractivity contribution < 1.29 is 9.90 Å². The first-order valence-electron chi connectivity index (χ1n) is 7.53. The number of thiazole rings is 1. The van der Waals surface area contributed by atoms with Crippen LogP contribution in [0.2, 0.25) is 10.0 Å². The molecular formula is C18H13Cl2N3O2S. The molecule has 0 saturated carbocycles. The maximum Gasteiger partial charge on any atom is 0.352 e. The Kier molecular flexibility index (Phi) is 5.88. The Balaban J connectivity index is 1.75. The summed E-state index contributed by atoms with van der Waals surface area (Å²) in [5.74, 6) is -1.08. The number of carboxylic acids is 1. The lowest BCUT2D eigenvalue weighted by Crippen LogP contribution is -2.17. The molecule has 0 aliphatic carbocycles. The van der Waals surface area contributed by atoms with Gasteiger partial charge >= 0.3 is 5.97 Å². The van der Waals surface area contributed by atoms with Crippen LogP contribution >= 0.6 is 34.5 Å². The number of nitrogens with zero attached hydrogens (tertiary/aromatic N) is 2. The number of anilines is 1. The van der Waals surface area contributed by atoms with Crippen LogP contribution in [0, 0.1) is 0 Å². The fourth-order valence-corrected chi connectivity index (χ4v) is 3.14. The molecule has 132 valence electrons. The number of nitrogens with one attached hydrogen (secondary N) is 1. The summed E-state index contributed by atoms with van der Waals surface area (Å²) in [5, 5.41) is 16.6. The summed E-state index contributed by atoms with van der Waals surface area (Å²) in [6, 6.07) is 14.5. The molecule has 0 bridgehead atoms. The predicted molar refractivity (Wildman–Crippen MR) is 106 cm³/mol. The zero-order valence-corrected chi connectivity index (χ0v) is 15.6. The Morgan fingerprint density at radius 1 is 1.15 bits per heavy atom. The van der Waals surface area contributed by atoms with Gasteiger partial charge in [0.2, 0.25) is 5.13 Å². The number of carboxylic acid groups (broad SMARTS) is 1. The quantitative estimate of drug-likeness (QED) is 0.435. The summed E-state index contributed by atoms with van der Waals surface area (Å²) in [5.41, 5.74) is 5.10. The number of hydrogen-bond acceptors (Lipinski definition) is 5. The van der Waals surface area contributed by atoms with Crippen LogP contribution in [0.3, 0.4) is 0 Å². The van der Waals surface area contributed by atoms with Gasteiger partial charge in [0.15, 0.2) is 0 Å². The molecule has 0 amide bonds. The third-order valence-corrected chi connectivity index (χ3v) is 4.95. The molecule has 26 heavy (non-hydrogen) atoms. The van der Waals surface area contributed by atoms with E-state index in [1.807, 2.05) is 41.8 Å². The third kappa shape index (κ3) is 4.60. The molecule has 0 unspecified atom stereocenters. The van der Waals surface area contributed by atoms with Crippen molar-refractivity contribution in [3.8, 4) is 11.3 Å². The molecule has 0 spiro atoms. The summed E-state index contributed by atoms with van der Waals surface area (Å²) in [6.07, 6.45) is 0.216. The van der Waals surface area contributed by atoms with E-state index < -0.39 is 5.97 Å². The molecule has 1 aromatic heterocycles. The van der Waals surface area contributed by atoms with E-state index in [0.717, 1.165) is 11.1 Å². The molecule has 5 nitrogen and oxygen atoms in total. The second-order valence-corrected chi connectivity index (χ2v) is 6.98. The molecule has 2 aromatic carbocycles. The van der Waals surface area contributed by atoms with E-state index in [-0.39, 0.29) is 12.1 Å². The van der Waals surface area contributed by atoms with Crippen LogP contribution in [0.25, 0.3) is 11.3 Å². The number of aliphatic carboxylic acids is 1. The Morgan fingerprint density at radius 2 is 1.92 bits per heavy atom. The van der Waals surface area contributed by atoms with E-state index in [9.17, 15) is 9.90 Å². The van der Waals surface area contributed by atoms with Gasteiger partial charge in [-0.05, 0) is 17.7 Å². The molecule has 8 heteroatoms. The highest BCUT2D eigenvalue weighted by Gasteiger charge is 2.12. The molecule has 1 heterocycles. The van der Waals surface area contributed by atoms with E-state index in [0.29, 0.717) is 20.9 Å². The normalized spacial score (nSPS) is 11.4. The summed E-state index contributed by atoms with van der Waals surface area (Å²) in [7, 11) is 0. The average molecular weight is 406 g/mol. The van der Waals surface area contributed by atoms with Gasteiger partial charge in [-0.3, -0.25) is 5.43 Å². The number of rotatable bonds is 6. The van der Waals surface area contributed by atoms with Crippen molar-refractivity contribution in [2.75, 3.05) is 5.43 Å². The number of halogens is 2. The van der Waals surface area contributed by atoms with Crippen molar-refractivity contribution >= 4 is 51.4 Å². The number of benzene rings is 2. The molecule has 0 fully saturated rings. The Morgan fingerprint density at radius 3 is 2.62 bits per heavy atom. The zero-order chi connectivity index (χ0) is 18.5. The number of carbonyl (C=O) groups is 1. The fourth-order valence-electron chi connectivity index (χ4n) is 2.18. The van der Waals surface area contributed by atoms with E-state index in [1.165, 1.54) is 11.3 Å². The molecule has 0 saturated heterocycles. The van der Waals surface area contributed by atoms with Gasteiger partial charge in [0.1, 0.15) is 5.71 Å². The largest absolute Gasteiger partial charge is 0.477 e. The van der Waals surface area contributed by atoms with E-state index in [1.54, 1.807) is 12.1 Å². The first-order chi connectivity index (χ1) is 12.5. The first-order valence-corrected chi connectivity index (χ1v) is 9.17. The van der Waals surface area contributed by atoms with Crippen LogP contribution in [-0.2, 0) is 11.2 Å². The topological polar surface area (TPSA) is 74.6 Å². The van der Waals surface area contributed by atoms with Gasteiger partial charge in [0.25, 0.3) is 0 Å². The van der Waals surface area contributed by atoms with Gasteiger partial charge in [-0.15, -0.1) is 11.3 Å². The molecule has 0 aliphatic rings. The maximum atomic E-state index is 11.4. The van der Waals surface area contributed by atoms with E-state index >= 15 is 0 Å². The standard InChI is InChI=1S/C18H13Cl2N3O2S/c19-13-7-6-12(9-14(13)20)16-10-26-18(21-16)23-22-15(17(24)25)8-11-4-2-1-3-5-11/h1-7,9-10H,8H2,(H,21,23)(H,24,25)/b22-15+. The van der Waals surface area contributed by atoms with Crippen molar-refractivity contribution in [2.24, 2.45) is 5.10 Å². The number of hydrogen-bond donors (Lipinski definition) is 2. The summed E-state index contributed by atoms with van der Waals surface area (Å²) in [4.78, 5) is 15.8. The summed E-state index contributed by atoms with van der Waals surface area (Å²) in [6.45, 7) is 0. The zero-order valence-electron chi connectivity index (χ0n) is 13.3. The highest BCUT2D eigenvalue weighted by atomic mass is 35.5. The third-order valence-electron chi connectivity index (χ3n) is 3.47. The lowest BCUT2D eigenvalue weighted by atomic mass is 10.1. The van der Waals surface area contributed by atoms with Crippen LogP contribution in [0.5, 0.6) is 0 Å². The van der Waals surface area contributed by atoms with Gasteiger partial charge in [0.05, 0.1) is 15.7 Å². The predicted octanol–water partition coefficient (Wildman–Crippen LogP) is 5.21. The first kappa shape index (κ1) is 18.4. The second kappa shape index (κ2) is 8.31. The maximum absolute atomic E-state index is 11.4. The monoisotopic (exact) mass is 405 g/mol. The molecule has 3 rings (SSSR count). The van der Waals surface area contributed by atoms with Crippen LogP contribution in [0.4, 0.5) is 5.13 Å². The average Bonchev–Trinajstić information content (AvgIpc) is 3.10. The van der Waals surface area contributed by atoms with Crippen LogP contribution in [-0.4, -0.2) is 21.8 Å². The number of hydrazone groups is 1. The van der Waals surface area contributed by atoms with Crippen molar-refractivity contribution in [1.29, 1.82) is 0 Å². The number of aromatic nitrogens is 1. The highest BCUT2D eigenvalue weighted by Crippen LogP contribution is 2.30. The smallest absolute Gasteiger partial charge is 0.352 e. The van der Waals surface area contributed by atoms with Crippen LogP contribution in [0.15, 0.2) is 59.0 Å². The lowest BCUT2D eigenvalue weighted by molar-refractivity contribution is -0.129. The van der Waals surface area contributed by atoms with Gasteiger partial charge in [-0.25, -0.2) is 9.78 Å². The van der Waals surface area contributed by atoms with Gasteiger partial charge < -0.3 is 5.11 Å². The molecule has 0 aliphatic heterocycles. The lowest BCUT2D eigenvalue weighted by Gasteiger charge is -2.02. The van der Waals surface area contributed by atoms with Crippen molar-refractivity contribution in [3.63, 3.8) is 0 Å². The van der Waals surface area contributed by atoms with Crippen LogP contribution in [0.1, 0.15) is 5.56 Å². The Bertz CT molecular complexity index is 958. The summed E-state index contributed by atoms with van der Waals surface area (Å²) < 4.78 is 0. The molecule has 3 aromatic rings. The minimum atomic E-state index is -1.08. The SMILES string of the molecule is O=C(O)/C(Cc1ccccc1)=N/Nc1nc(-c2ccc(Cl)c(Cl)c2)cs1. The molecular weight excluding hydrogens is 393 g/mol. The Hall–Kier alpha value is -2.41. The highest BCUT2D eigenvalue weighted by molar-refractivity contribution is 7.14. The molecule has 0 radical (unpaired) electrons. The minimum Gasteiger partial charge on any atom is -0.477 e. The minimum absolute atomic E-state index is 0.00230. The summed E-state index contributed by atoms with van der Waals surface area (Å²) >= 11 is 13.3. The fraction of sp³-hybridized carbons (Fsp3) is 0.0556. The Labute approximate surface area is 163 Å². The van der Waals surface area contributed by atoms with Crippen molar-refractivity contribution in [1.82, 2.24) is 4.98 Å². The van der Waals surface area contributed by atoms with Gasteiger partial charge in [-0.1, -0.05) is 59.6 Å². The van der Waals surface area contributed by atoms with Gasteiger partial charge in [-0.2, -0.15) is 5.10 Å². The van der Waals surface area contributed by atoms with E-state index in [2.05, 4.69) is 15.5 Å².